The van der Waals surface area contributed by atoms with E-state index in [2.05, 4.69) is 10.6 Å². The van der Waals surface area contributed by atoms with Crippen LogP contribution < -0.4 is 15.4 Å². The molecule has 0 bridgehead atoms. The smallest absolute Gasteiger partial charge is 0.250 e. The molecule has 0 spiro atoms. The minimum atomic E-state index is -0.249. The van der Waals surface area contributed by atoms with E-state index < -0.39 is 0 Å². The van der Waals surface area contributed by atoms with Crippen molar-refractivity contribution in [3.05, 3.63) is 96.1 Å². The van der Waals surface area contributed by atoms with Gasteiger partial charge in [-0.25, -0.2) is 0 Å². The van der Waals surface area contributed by atoms with Crippen molar-refractivity contribution in [1.29, 1.82) is 0 Å². The number of nitrogens with one attached hydrogen (secondary N) is 2. The highest BCUT2D eigenvalue weighted by Gasteiger charge is 2.03. The minimum Gasteiger partial charge on any atom is -0.489 e. The Hall–Kier alpha value is -3.90. The molecular formula is C25H24N2O4. The molecule has 0 atom stereocenters. The Kier molecular flexibility index (Phi) is 7.97. The molecule has 0 heterocycles. The van der Waals surface area contributed by atoms with Gasteiger partial charge in [-0.3, -0.25) is 9.59 Å². The molecule has 2 N–H and O–H groups in total. The number of anilines is 2. The Morgan fingerprint density at radius 3 is 2.13 bits per heavy atom. The van der Waals surface area contributed by atoms with Crippen LogP contribution in [0.3, 0.4) is 0 Å². The Morgan fingerprint density at radius 2 is 1.48 bits per heavy atom. The molecule has 0 fully saturated rings. The van der Waals surface area contributed by atoms with Gasteiger partial charge >= 0.3 is 0 Å². The lowest BCUT2D eigenvalue weighted by molar-refractivity contribution is -0.119. The van der Waals surface area contributed by atoms with Crippen LogP contribution in [0.2, 0.25) is 0 Å². The van der Waals surface area contributed by atoms with Crippen LogP contribution >= 0.6 is 0 Å². The van der Waals surface area contributed by atoms with Gasteiger partial charge in [-0.05, 0) is 53.6 Å². The number of rotatable bonds is 9. The fourth-order valence-electron chi connectivity index (χ4n) is 2.74. The molecule has 158 valence electrons. The third kappa shape index (κ3) is 7.45. The molecule has 0 unspecified atom stereocenters. The van der Waals surface area contributed by atoms with Gasteiger partial charge in [0.15, 0.2) is 0 Å². The lowest BCUT2D eigenvalue weighted by Crippen LogP contribution is -2.17. The quantitative estimate of drug-likeness (QED) is 0.504. The second kappa shape index (κ2) is 11.3. The van der Waals surface area contributed by atoms with Crippen LogP contribution in [0.5, 0.6) is 5.75 Å². The first-order valence-corrected chi connectivity index (χ1v) is 9.77. The molecule has 0 radical (unpaired) electrons. The van der Waals surface area contributed by atoms with Crippen molar-refractivity contribution in [1.82, 2.24) is 0 Å². The highest BCUT2D eigenvalue weighted by atomic mass is 16.5. The second-order valence-electron chi connectivity index (χ2n) is 6.72. The van der Waals surface area contributed by atoms with Gasteiger partial charge < -0.3 is 20.1 Å². The largest absolute Gasteiger partial charge is 0.489 e. The van der Waals surface area contributed by atoms with Crippen LogP contribution in [-0.2, 0) is 20.9 Å². The molecule has 0 aliphatic carbocycles. The van der Waals surface area contributed by atoms with E-state index in [0.29, 0.717) is 18.0 Å². The molecule has 0 saturated carbocycles. The molecule has 3 rings (SSSR count). The molecule has 0 saturated heterocycles. The van der Waals surface area contributed by atoms with Crippen molar-refractivity contribution in [3.63, 3.8) is 0 Å². The van der Waals surface area contributed by atoms with Crippen molar-refractivity contribution >= 4 is 29.3 Å². The molecule has 2 amide bonds. The van der Waals surface area contributed by atoms with Crippen LogP contribution in [0.4, 0.5) is 11.4 Å². The van der Waals surface area contributed by atoms with Crippen LogP contribution in [-0.4, -0.2) is 25.5 Å². The Balaban J connectivity index is 1.47. The zero-order chi connectivity index (χ0) is 21.9. The third-order valence-corrected chi connectivity index (χ3v) is 4.27. The first-order chi connectivity index (χ1) is 15.1. The maximum absolute atomic E-state index is 12.2. The highest BCUT2D eigenvalue weighted by molar-refractivity contribution is 6.02. The van der Waals surface area contributed by atoms with Crippen molar-refractivity contribution in [2.75, 3.05) is 24.4 Å². The summed E-state index contributed by atoms with van der Waals surface area (Å²) in [5.41, 5.74) is 3.25. The number of hydrogen-bond acceptors (Lipinski definition) is 4. The summed E-state index contributed by atoms with van der Waals surface area (Å²) in [6, 6.07) is 24.3. The van der Waals surface area contributed by atoms with Crippen LogP contribution in [0.1, 0.15) is 11.1 Å². The summed E-state index contributed by atoms with van der Waals surface area (Å²) >= 11 is 0. The predicted octanol–water partition coefficient (Wildman–Crippen LogP) is 4.50. The monoisotopic (exact) mass is 416 g/mol. The van der Waals surface area contributed by atoms with Crippen molar-refractivity contribution in [2.45, 2.75) is 6.61 Å². The summed E-state index contributed by atoms with van der Waals surface area (Å²) in [5.74, 6) is 0.280. The number of hydrogen-bond donors (Lipinski definition) is 2. The molecule has 6 nitrogen and oxygen atoms in total. The van der Waals surface area contributed by atoms with E-state index in [4.69, 9.17) is 9.47 Å². The van der Waals surface area contributed by atoms with Gasteiger partial charge in [0.1, 0.15) is 19.0 Å². The number of methoxy groups -OCH3 is 1. The van der Waals surface area contributed by atoms with E-state index >= 15 is 0 Å². The SMILES string of the molecule is COCC(=O)Nc1ccc(NC(=O)/C=C/c2ccc(OCc3ccccc3)cc2)cc1. The summed E-state index contributed by atoms with van der Waals surface area (Å²) in [4.78, 5) is 23.6. The standard InChI is InChI=1S/C25H24N2O4/c1-30-18-25(29)27-22-12-10-21(11-13-22)26-24(28)16-9-19-7-14-23(15-8-19)31-17-20-5-3-2-4-6-20/h2-16H,17-18H2,1H3,(H,26,28)(H,27,29)/b16-9+. The highest BCUT2D eigenvalue weighted by Crippen LogP contribution is 2.16. The van der Waals surface area contributed by atoms with Gasteiger partial charge in [-0.1, -0.05) is 42.5 Å². The molecule has 31 heavy (non-hydrogen) atoms. The van der Waals surface area contributed by atoms with E-state index in [1.54, 1.807) is 30.3 Å². The Morgan fingerprint density at radius 1 is 0.839 bits per heavy atom. The molecular weight excluding hydrogens is 392 g/mol. The van der Waals surface area contributed by atoms with Crippen molar-refractivity contribution in [2.24, 2.45) is 0 Å². The van der Waals surface area contributed by atoms with Crippen molar-refractivity contribution < 1.29 is 19.1 Å². The summed E-state index contributed by atoms with van der Waals surface area (Å²) < 4.78 is 10.5. The topological polar surface area (TPSA) is 76.7 Å². The molecule has 3 aromatic rings. The average Bonchev–Trinajstić information content (AvgIpc) is 2.79. The van der Waals surface area contributed by atoms with E-state index in [-0.39, 0.29) is 18.4 Å². The van der Waals surface area contributed by atoms with Gasteiger partial charge in [0, 0.05) is 24.6 Å². The number of benzene rings is 3. The molecule has 0 aliphatic rings. The predicted molar refractivity (Wildman–Crippen MR) is 122 cm³/mol. The molecule has 3 aromatic carbocycles. The first-order valence-electron chi connectivity index (χ1n) is 9.77. The van der Waals surface area contributed by atoms with Gasteiger partial charge in [-0.2, -0.15) is 0 Å². The third-order valence-electron chi connectivity index (χ3n) is 4.27. The van der Waals surface area contributed by atoms with Gasteiger partial charge in [0.2, 0.25) is 11.8 Å². The first kappa shape index (κ1) is 21.8. The minimum absolute atomic E-state index is 0.0105. The summed E-state index contributed by atoms with van der Waals surface area (Å²) in [5, 5.41) is 5.47. The maximum atomic E-state index is 12.2. The van der Waals surface area contributed by atoms with Crippen LogP contribution in [0.15, 0.2) is 84.9 Å². The lowest BCUT2D eigenvalue weighted by Gasteiger charge is -2.07. The molecule has 6 heteroatoms. The number of carbonyl (C=O) groups excluding carboxylic acids is 2. The number of amides is 2. The zero-order valence-electron chi connectivity index (χ0n) is 17.2. The van der Waals surface area contributed by atoms with E-state index in [9.17, 15) is 9.59 Å². The van der Waals surface area contributed by atoms with Crippen molar-refractivity contribution in [3.8, 4) is 5.75 Å². The Labute approximate surface area is 181 Å². The van der Waals surface area contributed by atoms with Gasteiger partial charge in [0.25, 0.3) is 0 Å². The fourth-order valence-corrected chi connectivity index (χ4v) is 2.74. The van der Waals surface area contributed by atoms with Crippen LogP contribution in [0, 0.1) is 0 Å². The fraction of sp³-hybridized carbons (Fsp3) is 0.120. The van der Waals surface area contributed by atoms with Gasteiger partial charge in [0.05, 0.1) is 0 Å². The Bertz CT molecular complexity index is 1010. The van der Waals surface area contributed by atoms with Gasteiger partial charge in [-0.15, -0.1) is 0 Å². The van der Waals surface area contributed by atoms with E-state index in [1.807, 2.05) is 54.6 Å². The summed E-state index contributed by atoms with van der Waals surface area (Å²) in [6.07, 6.45) is 3.20. The van der Waals surface area contributed by atoms with E-state index in [0.717, 1.165) is 16.9 Å². The molecule has 0 aliphatic heterocycles. The van der Waals surface area contributed by atoms with Crippen LogP contribution in [0.25, 0.3) is 6.08 Å². The summed E-state index contributed by atoms with van der Waals surface area (Å²) in [7, 11) is 1.46. The molecule has 0 aromatic heterocycles. The number of ether oxygens (including phenoxy) is 2. The number of carbonyl (C=O) groups is 2. The lowest BCUT2D eigenvalue weighted by atomic mass is 10.2. The van der Waals surface area contributed by atoms with E-state index in [1.165, 1.54) is 13.2 Å². The summed E-state index contributed by atoms with van der Waals surface area (Å²) in [6.45, 7) is 0.497. The zero-order valence-corrected chi connectivity index (χ0v) is 17.2. The average molecular weight is 416 g/mol. The normalized spacial score (nSPS) is 10.6. The maximum Gasteiger partial charge on any atom is 0.250 e. The second-order valence-corrected chi connectivity index (χ2v) is 6.72.